The highest BCUT2D eigenvalue weighted by Crippen LogP contribution is 2.06. The van der Waals surface area contributed by atoms with E-state index in [4.69, 9.17) is 6.42 Å². The molecule has 0 aliphatic carbocycles. The van der Waals surface area contributed by atoms with E-state index in [-0.39, 0.29) is 0 Å². The number of rotatable bonds is 3. The van der Waals surface area contributed by atoms with Crippen LogP contribution in [-0.2, 0) is 0 Å². The predicted octanol–water partition coefficient (Wildman–Crippen LogP) is 3.09. The van der Waals surface area contributed by atoms with E-state index >= 15 is 0 Å². The van der Waals surface area contributed by atoms with Crippen LogP contribution in [0.25, 0.3) is 0 Å². The van der Waals surface area contributed by atoms with Crippen molar-refractivity contribution in [2.24, 2.45) is 11.8 Å². The first-order chi connectivity index (χ1) is 5.74. The van der Waals surface area contributed by atoms with Gasteiger partial charge in [-0.25, -0.2) is 0 Å². The Morgan fingerprint density at radius 2 is 1.83 bits per heavy atom. The van der Waals surface area contributed by atoms with Crippen LogP contribution in [0.2, 0.25) is 0 Å². The van der Waals surface area contributed by atoms with Crippen LogP contribution in [0, 0.1) is 36.0 Å². The van der Waals surface area contributed by atoms with Crippen molar-refractivity contribution in [3.05, 3.63) is 0 Å². The third kappa shape index (κ3) is 4.86. The van der Waals surface area contributed by atoms with Crippen LogP contribution in [0.1, 0.15) is 40.0 Å². The van der Waals surface area contributed by atoms with Gasteiger partial charge in [0, 0.05) is 18.3 Å². The van der Waals surface area contributed by atoms with Gasteiger partial charge in [-0.15, -0.1) is 12.3 Å². The van der Waals surface area contributed by atoms with Crippen molar-refractivity contribution in [1.29, 1.82) is 0 Å². The summed E-state index contributed by atoms with van der Waals surface area (Å²) in [6.07, 6.45) is 8.21. The van der Waals surface area contributed by atoms with Crippen molar-refractivity contribution in [2.45, 2.75) is 40.0 Å². The molecule has 0 aromatic heterocycles. The smallest absolute Gasteiger partial charge is 0.0309 e. The van der Waals surface area contributed by atoms with Gasteiger partial charge in [0.25, 0.3) is 0 Å². The molecule has 0 aromatic carbocycles. The summed E-state index contributed by atoms with van der Waals surface area (Å²) in [5.41, 5.74) is 0. The highest BCUT2D eigenvalue weighted by molar-refractivity contribution is 5.08. The van der Waals surface area contributed by atoms with Gasteiger partial charge in [-0.05, 0) is 12.8 Å². The maximum absolute atomic E-state index is 5.23. The molecule has 2 unspecified atom stereocenters. The summed E-state index contributed by atoms with van der Waals surface area (Å²) in [6.45, 7) is 6.43. The molecule has 0 saturated heterocycles. The van der Waals surface area contributed by atoms with Crippen molar-refractivity contribution in [2.75, 3.05) is 0 Å². The third-order valence-electron chi connectivity index (χ3n) is 2.00. The van der Waals surface area contributed by atoms with Gasteiger partial charge in [0.2, 0.25) is 0 Å². The van der Waals surface area contributed by atoms with Crippen molar-refractivity contribution < 1.29 is 0 Å². The zero-order chi connectivity index (χ0) is 9.40. The lowest BCUT2D eigenvalue weighted by molar-refractivity contribution is 0.662. The first kappa shape index (κ1) is 11.1. The molecular weight excluding hydrogens is 144 g/mol. The molecule has 0 spiro atoms. The van der Waals surface area contributed by atoms with Crippen molar-refractivity contribution in [3.8, 4) is 24.2 Å². The van der Waals surface area contributed by atoms with E-state index in [2.05, 4.69) is 38.5 Å². The molecule has 0 aliphatic heterocycles. The molecular formula is C12H18. The third-order valence-corrected chi connectivity index (χ3v) is 2.00. The van der Waals surface area contributed by atoms with Gasteiger partial charge in [-0.1, -0.05) is 32.6 Å². The SMILES string of the molecule is C#CCC(C#CC(C)CC)CC. The van der Waals surface area contributed by atoms with Crippen molar-refractivity contribution in [1.82, 2.24) is 0 Å². The Balaban J connectivity index is 3.97. The maximum Gasteiger partial charge on any atom is 0.0309 e. The summed E-state index contributed by atoms with van der Waals surface area (Å²) in [5.74, 6) is 10.0. The fourth-order valence-electron chi connectivity index (χ4n) is 0.802. The topological polar surface area (TPSA) is 0 Å². The molecule has 0 rings (SSSR count). The first-order valence-electron chi connectivity index (χ1n) is 4.69. The Bertz CT molecular complexity index is 196. The van der Waals surface area contributed by atoms with E-state index in [1.807, 2.05) is 0 Å². The average molecular weight is 162 g/mol. The fraction of sp³-hybridized carbons (Fsp3) is 0.667. The average Bonchev–Trinajstić information content (AvgIpc) is 2.11. The summed E-state index contributed by atoms with van der Waals surface area (Å²) < 4.78 is 0. The molecule has 0 aromatic rings. The molecule has 66 valence electrons. The van der Waals surface area contributed by atoms with Crippen molar-refractivity contribution >= 4 is 0 Å². The summed E-state index contributed by atoms with van der Waals surface area (Å²) >= 11 is 0. The molecule has 2 atom stereocenters. The Morgan fingerprint density at radius 1 is 1.17 bits per heavy atom. The Labute approximate surface area is 76.8 Å². The van der Waals surface area contributed by atoms with E-state index in [1.54, 1.807) is 0 Å². The lowest BCUT2D eigenvalue weighted by atomic mass is 10.0. The predicted molar refractivity (Wildman–Crippen MR) is 54.5 cm³/mol. The monoisotopic (exact) mass is 162 g/mol. The lowest BCUT2D eigenvalue weighted by Crippen LogP contribution is -1.94. The molecule has 0 heterocycles. The zero-order valence-corrected chi connectivity index (χ0v) is 8.35. The maximum atomic E-state index is 5.23. The van der Waals surface area contributed by atoms with E-state index in [9.17, 15) is 0 Å². The molecule has 0 amide bonds. The molecule has 0 aliphatic rings. The van der Waals surface area contributed by atoms with Crippen LogP contribution >= 0.6 is 0 Å². The standard InChI is InChI=1S/C12H18/c1-5-8-12(7-3)10-9-11(4)6-2/h1,11-12H,6-8H2,2-4H3. The minimum atomic E-state index is 0.406. The Kier molecular flexibility index (Phi) is 6.31. The normalized spacial score (nSPS) is 13.8. The largest absolute Gasteiger partial charge is 0.120 e. The number of terminal acetylenes is 1. The van der Waals surface area contributed by atoms with Gasteiger partial charge in [0.15, 0.2) is 0 Å². The Morgan fingerprint density at radius 3 is 2.25 bits per heavy atom. The molecule has 12 heavy (non-hydrogen) atoms. The molecule has 0 N–H and O–H groups in total. The number of hydrogen-bond acceptors (Lipinski definition) is 0. The second-order valence-corrected chi connectivity index (χ2v) is 3.11. The fourth-order valence-corrected chi connectivity index (χ4v) is 0.802. The minimum absolute atomic E-state index is 0.406. The van der Waals surface area contributed by atoms with Crippen LogP contribution < -0.4 is 0 Å². The van der Waals surface area contributed by atoms with Crippen LogP contribution in [-0.4, -0.2) is 0 Å². The van der Waals surface area contributed by atoms with Crippen LogP contribution in [0.3, 0.4) is 0 Å². The first-order valence-corrected chi connectivity index (χ1v) is 4.69. The molecule has 0 saturated carbocycles. The summed E-state index contributed by atoms with van der Waals surface area (Å²) in [4.78, 5) is 0. The Hall–Kier alpha value is -0.880. The zero-order valence-electron chi connectivity index (χ0n) is 8.35. The molecule has 0 heteroatoms. The van der Waals surface area contributed by atoms with E-state index < -0.39 is 0 Å². The van der Waals surface area contributed by atoms with Gasteiger partial charge in [-0.3, -0.25) is 0 Å². The molecule has 0 nitrogen and oxygen atoms in total. The van der Waals surface area contributed by atoms with Gasteiger partial charge in [-0.2, -0.15) is 0 Å². The quantitative estimate of drug-likeness (QED) is 0.559. The summed E-state index contributed by atoms with van der Waals surface area (Å²) in [5, 5.41) is 0. The minimum Gasteiger partial charge on any atom is -0.120 e. The second-order valence-electron chi connectivity index (χ2n) is 3.11. The van der Waals surface area contributed by atoms with E-state index in [0.29, 0.717) is 11.8 Å². The van der Waals surface area contributed by atoms with Gasteiger partial charge >= 0.3 is 0 Å². The number of hydrogen-bond donors (Lipinski definition) is 0. The highest BCUT2D eigenvalue weighted by Gasteiger charge is 1.98. The highest BCUT2D eigenvalue weighted by atomic mass is 14.0. The van der Waals surface area contributed by atoms with Crippen LogP contribution in [0.15, 0.2) is 0 Å². The second kappa shape index (κ2) is 6.81. The van der Waals surface area contributed by atoms with Crippen LogP contribution in [0.4, 0.5) is 0 Å². The summed E-state index contributed by atoms with van der Waals surface area (Å²) in [6, 6.07) is 0. The van der Waals surface area contributed by atoms with Gasteiger partial charge in [0.05, 0.1) is 0 Å². The molecule has 0 fully saturated rings. The molecule has 0 bridgehead atoms. The van der Waals surface area contributed by atoms with Crippen LogP contribution in [0.5, 0.6) is 0 Å². The van der Waals surface area contributed by atoms with Crippen molar-refractivity contribution in [3.63, 3.8) is 0 Å². The van der Waals surface area contributed by atoms with Gasteiger partial charge in [0.1, 0.15) is 0 Å². The van der Waals surface area contributed by atoms with E-state index in [1.165, 1.54) is 0 Å². The lowest BCUT2D eigenvalue weighted by Gasteiger charge is -2.02. The van der Waals surface area contributed by atoms with Gasteiger partial charge < -0.3 is 0 Å². The van der Waals surface area contributed by atoms with E-state index in [0.717, 1.165) is 19.3 Å². The molecule has 0 radical (unpaired) electrons. The summed E-state index contributed by atoms with van der Waals surface area (Å²) in [7, 11) is 0.